The Labute approximate surface area is 97.7 Å². The Kier molecular flexibility index (Phi) is 3.30. The maximum absolute atomic E-state index is 3.53. The van der Waals surface area contributed by atoms with Crippen molar-refractivity contribution in [2.24, 2.45) is 0 Å². The lowest BCUT2D eigenvalue weighted by molar-refractivity contribution is 0.309. The number of aromatic amines is 1. The van der Waals surface area contributed by atoms with Gasteiger partial charge in [-0.1, -0.05) is 18.2 Å². The van der Waals surface area contributed by atoms with E-state index < -0.39 is 0 Å². The molecule has 0 bridgehead atoms. The molecule has 1 N–H and O–H groups in total. The number of aromatic nitrogens is 1. The van der Waals surface area contributed by atoms with E-state index in [-0.39, 0.29) is 0 Å². The first-order chi connectivity index (χ1) is 7.72. The van der Waals surface area contributed by atoms with Crippen LogP contribution in [-0.4, -0.2) is 23.5 Å². The van der Waals surface area contributed by atoms with Crippen molar-refractivity contribution in [1.82, 2.24) is 9.88 Å². The van der Waals surface area contributed by atoms with Gasteiger partial charge in [-0.05, 0) is 44.5 Å². The topological polar surface area (TPSA) is 19.0 Å². The summed E-state index contributed by atoms with van der Waals surface area (Å²) < 4.78 is 0. The van der Waals surface area contributed by atoms with Crippen LogP contribution in [0.15, 0.2) is 18.2 Å². The Balaban J connectivity index is 2.28. The molecule has 2 heterocycles. The molecule has 0 unspecified atom stereocenters. The Morgan fingerprint density at radius 3 is 2.88 bits per heavy atom. The van der Waals surface area contributed by atoms with Crippen molar-refractivity contribution in [1.29, 1.82) is 0 Å². The Hall–Kier alpha value is -1.28. The number of nitrogens with one attached hydrogen (secondary N) is 1. The lowest BCUT2D eigenvalue weighted by Crippen LogP contribution is -2.26. The summed E-state index contributed by atoms with van der Waals surface area (Å²) in [6.07, 6.45) is 9.53. The van der Waals surface area contributed by atoms with Gasteiger partial charge in [-0.2, -0.15) is 0 Å². The van der Waals surface area contributed by atoms with Gasteiger partial charge < -0.3 is 9.88 Å². The minimum Gasteiger partial charge on any atom is -0.357 e. The van der Waals surface area contributed by atoms with Crippen molar-refractivity contribution in [3.05, 3.63) is 40.7 Å². The summed E-state index contributed by atoms with van der Waals surface area (Å²) in [5, 5.41) is 0. The third-order valence-corrected chi connectivity index (χ3v) is 3.24. The molecule has 0 radical (unpaired) electrons. The van der Waals surface area contributed by atoms with E-state index in [4.69, 9.17) is 0 Å². The quantitative estimate of drug-likeness (QED) is 0.753. The van der Waals surface area contributed by atoms with Gasteiger partial charge >= 0.3 is 0 Å². The van der Waals surface area contributed by atoms with E-state index in [0.29, 0.717) is 0 Å². The van der Waals surface area contributed by atoms with E-state index >= 15 is 0 Å². The summed E-state index contributed by atoms with van der Waals surface area (Å²) in [5.41, 5.74) is 5.60. The van der Waals surface area contributed by atoms with Gasteiger partial charge in [0, 0.05) is 24.5 Å². The Morgan fingerprint density at radius 1 is 1.31 bits per heavy atom. The number of H-pyrrole nitrogens is 1. The van der Waals surface area contributed by atoms with Crippen LogP contribution >= 0.6 is 0 Å². The zero-order chi connectivity index (χ0) is 11.5. The number of likely N-dealkylation sites (N-methyl/N-ethyl adjacent to an activating group) is 1. The number of allylic oxidation sites excluding steroid dienone is 3. The highest BCUT2D eigenvalue weighted by atomic mass is 15.1. The Morgan fingerprint density at radius 2 is 2.12 bits per heavy atom. The first-order valence-corrected chi connectivity index (χ1v) is 5.90. The van der Waals surface area contributed by atoms with Crippen molar-refractivity contribution in [3.63, 3.8) is 0 Å². The van der Waals surface area contributed by atoms with E-state index in [1.165, 1.54) is 35.5 Å². The molecule has 1 aliphatic heterocycles. The van der Waals surface area contributed by atoms with Crippen LogP contribution in [0, 0.1) is 6.92 Å². The molecule has 86 valence electrons. The predicted octanol–water partition coefficient (Wildman–Crippen LogP) is 2.90. The molecule has 0 spiro atoms. The smallest absolute Gasteiger partial charge is 0.0415 e. The predicted molar refractivity (Wildman–Crippen MR) is 69.4 cm³/mol. The standard InChI is InChI=1S/C14H20N2/c1-4-5-6-7-13-11(2)12-8-9-16(3)10-14(12)15-13/h4-7,15H,8-10H2,1-3H3/b5-4-,7-6-. The van der Waals surface area contributed by atoms with Crippen molar-refractivity contribution in [2.75, 3.05) is 13.6 Å². The zero-order valence-electron chi connectivity index (χ0n) is 10.4. The molecule has 2 rings (SSSR count). The highest BCUT2D eigenvalue weighted by Gasteiger charge is 2.18. The molecular weight excluding hydrogens is 196 g/mol. The van der Waals surface area contributed by atoms with Crippen LogP contribution < -0.4 is 0 Å². The van der Waals surface area contributed by atoms with Gasteiger partial charge in [-0.15, -0.1) is 0 Å². The molecule has 0 amide bonds. The molecule has 0 aromatic carbocycles. The maximum atomic E-state index is 3.53. The second kappa shape index (κ2) is 4.71. The lowest BCUT2D eigenvalue weighted by atomic mass is 10.0. The highest BCUT2D eigenvalue weighted by Crippen LogP contribution is 2.24. The zero-order valence-corrected chi connectivity index (χ0v) is 10.4. The van der Waals surface area contributed by atoms with Crippen LogP contribution in [-0.2, 0) is 13.0 Å². The molecule has 0 saturated heterocycles. The van der Waals surface area contributed by atoms with Crippen LogP contribution in [0.1, 0.15) is 29.4 Å². The molecule has 0 saturated carbocycles. The summed E-state index contributed by atoms with van der Waals surface area (Å²) >= 11 is 0. The molecule has 2 nitrogen and oxygen atoms in total. The van der Waals surface area contributed by atoms with Crippen LogP contribution in [0.5, 0.6) is 0 Å². The van der Waals surface area contributed by atoms with E-state index in [0.717, 1.165) is 6.54 Å². The summed E-state index contributed by atoms with van der Waals surface area (Å²) in [7, 11) is 2.18. The first-order valence-electron chi connectivity index (χ1n) is 5.90. The monoisotopic (exact) mass is 216 g/mol. The molecule has 0 aliphatic carbocycles. The van der Waals surface area contributed by atoms with E-state index in [1.54, 1.807) is 0 Å². The number of rotatable bonds is 2. The van der Waals surface area contributed by atoms with Gasteiger partial charge in [0.05, 0.1) is 0 Å². The van der Waals surface area contributed by atoms with E-state index in [2.05, 4.69) is 42.1 Å². The number of fused-ring (bicyclic) bond motifs is 1. The summed E-state index contributed by atoms with van der Waals surface area (Å²) in [6.45, 7) is 6.47. The average molecular weight is 216 g/mol. The molecule has 1 aliphatic rings. The second-order valence-corrected chi connectivity index (χ2v) is 4.49. The summed E-state index contributed by atoms with van der Waals surface area (Å²) in [6, 6.07) is 0. The molecule has 0 fully saturated rings. The van der Waals surface area contributed by atoms with Crippen LogP contribution in [0.25, 0.3) is 6.08 Å². The van der Waals surface area contributed by atoms with E-state index in [9.17, 15) is 0 Å². The van der Waals surface area contributed by atoms with Gasteiger partial charge in [-0.25, -0.2) is 0 Å². The van der Waals surface area contributed by atoms with Crippen molar-refractivity contribution >= 4 is 6.08 Å². The molecular formula is C14H20N2. The number of nitrogens with zero attached hydrogens (tertiary/aromatic N) is 1. The van der Waals surface area contributed by atoms with E-state index in [1.807, 2.05) is 13.0 Å². The molecule has 1 aromatic heterocycles. The van der Waals surface area contributed by atoms with Gasteiger partial charge in [0.15, 0.2) is 0 Å². The average Bonchev–Trinajstić information content (AvgIpc) is 2.56. The largest absolute Gasteiger partial charge is 0.357 e. The van der Waals surface area contributed by atoms with Crippen LogP contribution in [0.3, 0.4) is 0 Å². The maximum Gasteiger partial charge on any atom is 0.0415 e. The van der Waals surface area contributed by atoms with Gasteiger partial charge in [-0.3, -0.25) is 0 Å². The highest BCUT2D eigenvalue weighted by molar-refractivity contribution is 5.55. The molecule has 0 atom stereocenters. The third kappa shape index (κ3) is 2.12. The van der Waals surface area contributed by atoms with Gasteiger partial charge in [0.2, 0.25) is 0 Å². The number of hydrogen-bond acceptors (Lipinski definition) is 1. The minimum absolute atomic E-state index is 1.05. The fourth-order valence-electron chi connectivity index (χ4n) is 2.28. The van der Waals surface area contributed by atoms with Crippen molar-refractivity contribution in [2.45, 2.75) is 26.8 Å². The minimum atomic E-state index is 1.05. The SMILES string of the molecule is C/C=C\C=C/c1[nH]c2c(c1C)CCN(C)C2. The second-order valence-electron chi connectivity index (χ2n) is 4.49. The molecule has 1 aromatic rings. The fraction of sp³-hybridized carbons (Fsp3) is 0.429. The van der Waals surface area contributed by atoms with Gasteiger partial charge in [0.1, 0.15) is 0 Å². The fourth-order valence-corrected chi connectivity index (χ4v) is 2.28. The van der Waals surface area contributed by atoms with Crippen molar-refractivity contribution < 1.29 is 0 Å². The van der Waals surface area contributed by atoms with Crippen LogP contribution in [0.2, 0.25) is 0 Å². The van der Waals surface area contributed by atoms with Crippen LogP contribution in [0.4, 0.5) is 0 Å². The first kappa shape index (κ1) is 11.2. The van der Waals surface area contributed by atoms with Gasteiger partial charge in [0.25, 0.3) is 0 Å². The summed E-state index contributed by atoms with van der Waals surface area (Å²) in [4.78, 5) is 5.89. The number of hydrogen-bond donors (Lipinski definition) is 1. The molecule has 2 heteroatoms. The normalized spacial score (nSPS) is 17.4. The summed E-state index contributed by atoms with van der Waals surface area (Å²) in [5.74, 6) is 0. The van der Waals surface area contributed by atoms with Crippen molar-refractivity contribution in [3.8, 4) is 0 Å². The Bertz CT molecular complexity index is 424. The molecule has 16 heavy (non-hydrogen) atoms. The lowest BCUT2D eigenvalue weighted by Gasteiger charge is -2.22. The third-order valence-electron chi connectivity index (χ3n) is 3.24.